The van der Waals surface area contributed by atoms with Crippen LogP contribution in [0.5, 0.6) is 0 Å². The summed E-state index contributed by atoms with van der Waals surface area (Å²) in [4.78, 5) is 24.8. The van der Waals surface area contributed by atoms with Crippen molar-refractivity contribution in [3.05, 3.63) is 0 Å². The zero-order valence-corrected chi connectivity index (χ0v) is 10.0. The largest absolute Gasteiger partial charge is 0.480 e. The second-order valence-corrected chi connectivity index (χ2v) is 5.00. The lowest BCUT2D eigenvalue weighted by Crippen LogP contribution is -2.48. The number of likely N-dealkylation sites (tertiary alicyclic amines) is 1. The predicted octanol–water partition coefficient (Wildman–Crippen LogP) is 0.452. The van der Waals surface area contributed by atoms with Gasteiger partial charge < -0.3 is 15.3 Å². The summed E-state index contributed by atoms with van der Waals surface area (Å²) in [6, 6.07) is -0.592. The van der Waals surface area contributed by atoms with Crippen LogP contribution in [0.15, 0.2) is 0 Å². The summed E-state index contributed by atoms with van der Waals surface area (Å²) in [5.74, 6) is -0.452. The molecule has 0 radical (unpaired) electrons. The van der Waals surface area contributed by atoms with Crippen LogP contribution in [-0.2, 0) is 9.59 Å². The Morgan fingerprint density at radius 3 is 2.76 bits per heavy atom. The Balaban J connectivity index is 1.93. The maximum Gasteiger partial charge on any atom is 0.326 e. The quantitative estimate of drug-likeness (QED) is 0.751. The first-order chi connectivity index (χ1) is 8.18. The zero-order chi connectivity index (χ0) is 12.3. The number of carboxylic acid groups (broad SMARTS) is 1. The molecule has 2 saturated heterocycles. The van der Waals surface area contributed by atoms with Gasteiger partial charge in [-0.05, 0) is 44.7 Å². The van der Waals surface area contributed by atoms with Gasteiger partial charge in [0.25, 0.3) is 0 Å². The third kappa shape index (κ3) is 2.97. The number of nitrogens with zero attached hydrogens (tertiary/aromatic N) is 1. The molecule has 2 rings (SSSR count). The van der Waals surface area contributed by atoms with E-state index >= 15 is 0 Å². The molecule has 0 aliphatic carbocycles. The molecule has 0 aromatic heterocycles. The fourth-order valence-corrected chi connectivity index (χ4v) is 2.74. The molecule has 17 heavy (non-hydrogen) atoms. The highest BCUT2D eigenvalue weighted by atomic mass is 16.4. The first kappa shape index (κ1) is 12.4. The normalized spacial score (nSPS) is 29.3. The standard InChI is InChI=1S/C12H20N2O3/c15-11(7-9-4-5-13-8-9)14-6-2-1-3-10(14)12(16)17/h9-10,13H,1-8H2,(H,16,17)/t9?,10-/m0/s1. The number of hydrogen-bond acceptors (Lipinski definition) is 3. The Hall–Kier alpha value is -1.10. The average molecular weight is 240 g/mol. The minimum atomic E-state index is -0.859. The lowest BCUT2D eigenvalue weighted by Gasteiger charge is -2.33. The molecule has 0 saturated carbocycles. The number of piperidine rings is 1. The van der Waals surface area contributed by atoms with Crippen LogP contribution in [0.1, 0.15) is 32.1 Å². The highest BCUT2D eigenvalue weighted by Gasteiger charge is 2.33. The number of amides is 1. The summed E-state index contributed by atoms with van der Waals surface area (Å²) in [6.07, 6.45) is 3.96. The van der Waals surface area contributed by atoms with Crippen molar-refractivity contribution in [2.24, 2.45) is 5.92 Å². The zero-order valence-electron chi connectivity index (χ0n) is 10.0. The van der Waals surface area contributed by atoms with E-state index in [1.165, 1.54) is 0 Å². The second kappa shape index (κ2) is 5.49. The molecular weight excluding hydrogens is 220 g/mol. The van der Waals surface area contributed by atoms with Gasteiger partial charge in [-0.25, -0.2) is 4.79 Å². The molecule has 2 aliphatic heterocycles. The number of carbonyl (C=O) groups is 2. The minimum absolute atomic E-state index is 0.0193. The second-order valence-electron chi connectivity index (χ2n) is 5.00. The van der Waals surface area contributed by atoms with Gasteiger partial charge in [-0.2, -0.15) is 0 Å². The van der Waals surface area contributed by atoms with Gasteiger partial charge in [0.05, 0.1) is 0 Å². The van der Waals surface area contributed by atoms with E-state index in [4.69, 9.17) is 5.11 Å². The Labute approximate surface area is 101 Å². The van der Waals surface area contributed by atoms with Crippen LogP contribution in [0, 0.1) is 5.92 Å². The molecule has 5 heteroatoms. The highest BCUT2D eigenvalue weighted by Crippen LogP contribution is 2.21. The van der Waals surface area contributed by atoms with Crippen LogP contribution < -0.4 is 5.32 Å². The molecule has 1 unspecified atom stereocenters. The maximum atomic E-state index is 12.1. The van der Waals surface area contributed by atoms with Crippen LogP contribution in [0.4, 0.5) is 0 Å². The summed E-state index contributed by atoms with van der Waals surface area (Å²) in [5, 5.41) is 12.3. The molecule has 0 aromatic carbocycles. The van der Waals surface area contributed by atoms with Gasteiger partial charge >= 0.3 is 5.97 Å². The third-order valence-electron chi connectivity index (χ3n) is 3.73. The Bertz CT molecular complexity index is 300. The van der Waals surface area contributed by atoms with Gasteiger partial charge in [-0.1, -0.05) is 0 Å². The highest BCUT2D eigenvalue weighted by molar-refractivity contribution is 5.84. The first-order valence-electron chi connectivity index (χ1n) is 6.41. The van der Waals surface area contributed by atoms with Crippen molar-refractivity contribution in [2.45, 2.75) is 38.1 Å². The number of aliphatic carboxylic acids is 1. The van der Waals surface area contributed by atoms with Crippen LogP contribution in [0.2, 0.25) is 0 Å². The number of rotatable bonds is 3. The van der Waals surface area contributed by atoms with E-state index in [-0.39, 0.29) is 5.91 Å². The van der Waals surface area contributed by atoms with Crippen molar-refractivity contribution >= 4 is 11.9 Å². The van der Waals surface area contributed by atoms with Crippen molar-refractivity contribution in [3.63, 3.8) is 0 Å². The van der Waals surface area contributed by atoms with Crippen LogP contribution in [0.25, 0.3) is 0 Å². The van der Waals surface area contributed by atoms with E-state index in [0.717, 1.165) is 32.4 Å². The smallest absolute Gasteiger partial charge is 0.326 e. The SMILES string of the molecule is O=C(O)[C@@H]1CCCCN1C(=O)CC1CCNC1. The van der Waals surface area contributed by atoms with Crippen molar-refractivity contribution in [3.8, 4) is 0 Å². The van der Waals surface area contributed by atoms with Gasteiger partial charge in [0.1, 0.15) is 6.04 Å². The fraction of sp³-hybridized carbons (Fsp3) is 0.833. The number of hydrogen-bond donors (Lipinski definition) is 2. The lowest BCUT2D eigenvalue weighted by molar-refractivity contribution is -0.152. The van der Waals surface area contributed by atoms with Crippen LogP contribution in [-0.4, -0.2) is 47.6 Å². The number of carbonyl (C=O) groups excluding carboxylic acids is 1. The van der Waals surface area contributed by atoms with E-state index in [2.05, 4.69) is 5.32 Å². The molecule has 1 amide bonds. The van der Waals surface area contributed by atoms with Gasteiger partial charge in [0.15, 0.2) is 0 Å². The molecule has 2 heterocycles. The lowest BCUT2D eigenvalue weighted by atomic mass is 9.99. The van der Waals surface area contributed by atoms with Gasteiger partial charge in [-0.3, -0.25) is 4.79 Å². The maximum absolute atomic E-state index is 12.1. The van der Waals surface area contributed by atoms with E-state index in [9.17, 15) is 9.59 Å². The summed E-state index contributed by atoms with van der Waals surface area (Å²) in [5.41, 5.74) is 0. The minimum Gasteiger partial charge on any atom is -0.480 e. The van der Waals surface area contributed by atoms with E-state index in [0.29, 0.717) is 25.3 Å². The van der Waals surface area contributed by atoms with Crippen LogP contribution in [0.3, 0.4) is 0 Å². The average Bonchev–Trinajstić information content (AvgIpc) is 2.81. The molecule has 0 aromatic rings. The summed E-state index contributed by atoms with van der Waals surface area (Å²) >= 11 is 0. The molecule has 96 valence electrons. The molecular formula is C12H20N2O3. The van der Waals surface area contributed by atoms with Gasteiger partial charge in [0, 0.05) is 13.0 Å². The van der Waals surface area contributed by atoms with Crippen molar-refractivity contribution in [2.75, 3.05) is 19.6 Å². The Morgan fingerprint density at radius 1 is 1.29 bits per heavy atom. The topological polar surface area (TPSA) is 69.6 Å². The third-order valence-corrected chi connectivity index (χ3v) is 3.73. The first-order valence-corrected chi connectivity index (χ1v) is 6.41. The molecule has 0 spiro atoms. The van der Waals surface area contributed by atoms with E-state index < -0.39 is 12.0 Å². The molecule has 2 fully saturated rings. The van der Waals surface area contributed by atoms with E-state index in [1.807, 2.05) is 0 Å². The Kier molecular flexibility index (Phi) is 3.99. The monoisotopic (exact) mass is 240 g/mol. The summed E-state index contributed by atoms with van der Waals surface area (Å²) in [6.45, 7) is 2.47. The molecule has 2 atom stereocenters. The molecule has 0 bridgehead atoms. The molecule has 5 nitrogen and oxygen atoms in total. The van der Waals surface area contributed by atoms with Crippen molar-refractivity contribution in [1.29, 1.82) is 0 Å². The Morgan fingerprint density at radius 2 is 2.12 bits per heavy atom. The summed E-state index contributed by atoms with van der Waals surface area (Å²) < 4.78 is 0. The van der Waals surface area contributed by atoms with Gasteiger partial charge in [-0.15, -0.1) is 0 Å². The summed E-state index contributed by atoms with van der Waals surface area (Å²) in [7, 11) is 0. The number of carboxylic acids is 1. The fourth-order valence-electron chi connectivity index (χ4n) is 2.74. The predicted molar refractivity (Wildman–Crippen MR) is 62.6 cm³/mol. The van der Waals surface area contributed by atoms with Gasteiger partial charge in [0.2, 0.25) is 5.91 Å². The van der Waals surface area contributed by atoms with Crippen LogP contribution >= 0.6 is 0 Å². The van der Waals surface area contributed by atoms with E-state index in [1.54, 1.807) is 4.90 Å². The van der Waals surface area contributed by atoms with Crippen molar-refractivity contribution < 1.29 is 14.7 Å². The molecule has 2 N–H and O–H groups in total. The van der Waals surface area contributed by atoms with Crippen molar-refractivity contribution in [1.82, 2.24) is 10.2 Å². The number of nitrogens with one attached hydrogen (secondary N) is 1. The molecule has 2 aliphatic rings.